The van der Waals surface area contributed by atoms with Gasteiger partial charge in [0.1, 0.15) is 0 Å². The average molecular weight is 413 g/mol. The molecular weight excluding hydrogens is 384 g/mol. The molecule has 0 unspecified atom stereocenters. The maximum absolute atomic E-state index is 12.9. The van der Waals surface area contributed by atoms with Gasteiger partial charge in [0.05, 0.1) is 0 Å². The predicted molar refractivity (Wildman–Crippen MR) is 125 cm³/mol. The Morgan fingerprint density at radius 2 is 1.45 bits per heavy atom. The van der Waals surface area contributed by atoms with E-state index in [4.69, 9.17) is 0 Å². The molecule has 0 radical (unpaired) electrons. The average Bonchev–Trinajstić information content (AvgIpc) is 2.82. The van der Waals surface area contributed by atoms with Crippen molar-refractivity contribution in [2.24, 2.45) is 5.92 Å². The van der Waals surface area contributed by atoms with Crippen LogP contribution in [0.2, 0.25) is 0 Å². The summed E-state index contributed by atoms with van der Waals surface area (Å²) in [5.74, 6) is 0.0189. The summed E-state index contributed by atoms with van der Waals surface area (Å²) in [5.41, 5.74) is 6.06. The number of benzene rings is 3. The van der Waals surface area contributed by atoms with E-state index in [-0.39, 0.29) is 17.7 Å². The number of carbonyl (C=O) groups is 2. The van der Waals surface area contributed by atoms with Gasteiger partial charge in [-0.1, -0.05) is 54.6 Å². The fourth-order valence-corrected chi connectivity index (χ4v) is 4.08. The third-order valence-electron chi connectivity index (χ3n) is 6.25. The smallest absolute Gasteiger partial charge is 0.253 e. The van der Waals surface area contributed by atoms with E-state index in [1.807, 2.05) is 79.4 Å². The second kappa shape index (κ2) is 9.17. The molecule has 0 aromatic heterocycles. The molecule has 1 heterocycles. The van der Waals surface area contributed by atoms with Crippen molar-refractivity contribution in [3.63, 3.8) is 0 Å². The van der Waals surface area contributed by atoms with E-state index in [9.17, 15) is 9.59 Å². The number of hydrogen-bond acceptors (Lipinski definition) is 2. The first-order chi connectivity index (χ1) is 15.0. The van der Waals surface area contributed by atoms with Crippen LogP contribution in [0.4, 0.5) is 5.69 Å². The van der Waals surface area contributed by atoms with Crippen LogP contribution in [0, 0.1) is 19.8 Å². The fraction of sp³-hybridized carbons (Fsp3) is 0.259. The quantitative estimate of drug-likeness (QED) is 0.618. The van der Waals surface area contributed by atoms with Gasteiger partial charge in [-0.2, -0.15) is 0 Å². The van der Waals surface area contributed by atoms with Crippen LogP contribution in [0.3, 0.4) is 0 Å². The molecule has 31 heavy (non-hydrogen) atoms. The maximum atomic E-state index is 12.9. The summed E-state index contributed by atoms with van der Waals surface area (Å²) < 4.78 is 0. The van der Waals surface area contributed by atoms with Gasteiger partial charge in [-0.3, -0.25) is 9.59 Å². The summed E-state index contributed by atoms with van der Waals surface area (Å²) in [5, 5.41) is 3.08. The molecule has 4 nitrogen and oxygen atoms in total. The minimum Gasteiger partial charge on any atom is -0.339 e. The molecule has 0 saturated carbocycles. The van der Waals surface area contributed by atoms with Crippen molar-refractivity contribution in [1.29, 1.82) is 0 Å². The van der Waals surface area contributed by atoms with Gasteiger partial charge in [0.15, 0.2) is 0 Å². The van der Waals surface area contributed by atoms with E-state index in [2.05, 4.69) is 17.4 Å². The molecule has 3 aromatic carbocycles. The molecule has 158 valence electrons. The van der Waals surface area contributed by atoms with Crippen LogP contribution in [0.15, 0.2) is 72.8 Å². The highest BCUT2D eigenvalue weighted by atomic mass is 16.2. The molecule has 1 fully saturated rings. The van der Waals surface area contributed by atoms with Crippen LogP contribution < -0.4 is 5.32 Å². The lowest BCUT2D eigenvalue weighted by Crippen LogP contribution is -2.41. The Hall–Kier alpha value is -3.40. The number of aryl methyl sites for hydroxylation is 1. The first-order valence-electron chi connectivity index (χ1n) is 10.8. The Labute approximate surface area is 183 Å². The summed E-state index contributed by atoms with van der Waals surface area (Å²) in [7, 11) is 0. The summed E-state index contributed by atoms with van der Waals surface area (Å²) in [6.07, 6.45) is 1.37. The molecule has 1 aliphatic heterocycles. The van der Waals surface area contributed by atoms with E-state index in [1.54, 1.807) is 0 Å². The molecule has 1 saturated heterocycles. The van der Waals surface area contributed by atoms with E-state index >= 15 is 0 Å². The van der Waals surface area contributed by atoms with Crippen molar-refractivity contribution in [2.45, 2.75) is 26.7 Å². The highest BCUT2D eigenvalue weighted by Crippen LogP contribution is 2.24. The minimum absolute atomic E-state index is 0.0352. The number of carbonyl (C=O) groups excluding carboxylic acids is 2. The van der Waals surface area contributed by atoms with E-state index in [1.165, 1.54) is 0 Å². The number of nitrogens with one attached hydrogen (secondary N) is 1. The number of hydrogen-bond donors (Lipinski definition) is 1. The molecule has 2 amide bonds. The van der Waals surface area contributed by atoms with Gasteiger partial charge in [0.2, 0.25) is 5.91 Å². The molecule has 0 aliphatic carbocycles. The topological polar surface area (TPSA) is 49.4 Å². The third-order valence-corrected chi connectivity index (χ3v) is 6.25. The van der Waals surface area contributed by atoms with Crippen molar-refractivity contribution in [2.75, 3.05) is 18.4 Å². The van der Waals surface area contributed by atoms with Crippen LogP contribution in [0.5, 0.6) is 0 Å². The second-order valence-electron chi connectivity index (χ2n) is 8.25. The zero-order chi connectivity index (χ0) is 21.8. The largest absolute Gasteiger partial charge is 0.339 e. The van der Waals surface area contributed by atoms with Gasteiger partial charge in [-0.15, -0.1) is 0 Å². The minimum atomic E-state index is -0.0654. The Bertz CT molecular complexity index is 1070. The second-order valence-corrected chi connectivity index (χ2v) is 8.25. The first-order valence-corrected chi connectivity index (χ1v) is 10.8. The molecule has 1 N–H and O–H groups in total. The monoisotopic (exact) mass is 412 g/mol. The van der Waals surface area contributed by atoms with Crippen LogP contribution in [-0.2, 0) is 4.79 Å². The van der Waals surface area contributed by atoms with Gasteiger partial charge >= 0.3 is 0 Å². The van der Waals surface area contributed by atoms with E-state index in [0.717, 1.165) is 27.9 Å². The number of likely N-dealkylation sites (tertiary alicyclic amines) is 1. The molecule has 1 aliphatic rings. The molecule has 4 rings (SSSR count). The third kappa shape index (κ3) is 4.69. The van der Waals surface area contributed by atoms with Gasteiger partial charge < -0.3 is 10.2 Å². The predicted octanol–water partition coefficient (Wildman–Crippen LogP) is 5.46. The SMILES string of the molecule is Cc1cccc(NC(=O)C2CCN(C(=O)c3ccc(-c4ccccc4)cc3)CC2)c1C. The number of piperidine rings is 1. The summed E-state index contributed by atoms with van der Waals surface area (Å²) in [6, 6.07) is 23.8. The number of amides is 2. The van der Waals surface area contributed by atoms with Gasteiger partial charge in [-0.05, 0) is 67.1 Å². The molecule has 0 spiro atoms. The van der Waals surface area contributed by atoms with Crippen LogP contribution >= 0.6 is 0 Å². The number of nitrogens with zero attached hydrogens (tertiary/aromatic N) is 1. The zero-order valence-corrected chi connectivity index (χ0v) is 18.1. The van der Waals surface area contributed by atoms with Crippen molar-refractivity contribution < 1.29 is 9.59 Å². The highest BCUT2D eigenvalue weighted by molar-refractivity contribution is 5.96. The summed E-state index contributed by atoms with van der Waals surface area (Å²) in [4.78, 5) is 27.5. The Morgan fingerprint density at radius 3 is 2.13 bits per heavy atom. The molecular formula is C27H28N2O2. The van der Waals surface area contributed by atoms with Crippen LogP contribution in [-0.4, -0.2) is 29.8 Å². The van der Waals surface area contributed by atoms with Crippen molar-refractivity contribution in [1.82, 2.24) is 4.90 Å². The van der Waals surface area contributed by atoms with Crippen molar-refractivity contribution >= 4 is 17.5 Å². The molecule has 0 bridgehead atoms. The zero-order valence-electron chi connectivity index (χ0n) is 18.1. The van der Waals surface area contributed by atoms with Gasteiger partial charge in [0, 0.05) is 30.3 Å². The Balaban J connectivity index is 1.34. The standard InChI is InChI=1S/C27H28N2O2/c1-19-7-6-10-25(20(19)2)28-26(30)23-15-17-29(18-16-23)27(31)24-13-11-22(12-14-24)21-8-4-3-5-9-21/h3-14,23H,15-18H2,1-2H3,(H,28,30). The van der Waals surface area contributed by atoms with Crippen molar-refractivity contribution in [3.05, 3.63) is 89.5 Å². The maximum Gasteiger partial charge on any atom is 0.253 e. The first kappa shape index (κ1) is 20.9. The van der Waals surface area contributed by atoms with Gasteiger partial charge in [0.25, 0.3) is 5.91 Å². The van der Waals surface area contributed by atoms with Crippen molar-refractivity contribution in [3.8, 4) is 11.1 Å². The fourth-order valence-electron chi connectivity index (χ4n) is 4.08. The van der Waals surface area contributed by atoms with Gasteiger partial charge in [-0.25, -0.2) is 0 Å². The van der Waals surface area contributed by atoms with Crippen LogP contribution in [0.25, 0.3) is 11.1 Å². The molecule has 4 heteroatoms. The normalized spacial score (nSPS) is 14.3. The van der Waals surface area contributed by atoms with E-state index < -0.39 is 0 Å². The summed E-state index contributed by atoms with van der Waals surface area (Å²) in [6.45, 7) is 5.27. The lowest BCUT2D eigenvalue weighted by molar-refractivity contribution is -0.121. The lowest BCUT2D eigenvalue weighted by Gasteiger charge is -2.31. The molecule has 3 aromatic rings. The lowest BCUT2D eigenvalue weighted by atomic mass is 9.94. The van der Waals surface area contributed by atoms with Crippen LogP contribution in [0.1, 0.15) is 34.3 Å². The number of anilines is 1. The summed E-state index contributed by atoms with van der Waals surface area (Å²) >= 11 is 0. The number of rotatable bonds is 4. The Morgan fingerprint density at radius 1 is 0.806 bits per heavy atom. The van der Waals surface area contributed by atoms with E-state index in [0.29, 0.717) is 31.5 Å². The Kier molecular flexibility index (Phi) is 6.17. The highest BCUT2D eigenvalue weighted by Gasteiger charge is 2.28. The molecule has 0 atom stereocenters.